The molecule has 0 atom stereocenters. The van der Waals surface area contributed by atoms with Crippen molar-refractivity contribution in [1.82, 2.24) is 9.97 Å². The number of hydrogen-bond acceptors (Lipinski definition) is 4. The van der Waals surface area contributed by atoms with Gasteiger partial charge in [0.1, 0.15) is 17.6 Å². The molecule has 1 aromatic heterocycles. The Morgan fingerprint density at radius 3 is 2.67 bits per heavy atom. The molecule has 0 aromatic carbocycles. The van der Waals surface area contributed by atoms with E-state index in [0.29, 0.717) is 23.6 Å². The molecule has 0 radical (unpaired) electrons. The second kappa shape index (κ2) is 5.28. The van der Waals surface area contributed by atoms with Gasteiger partial charge in [-0.3, -0.25) is 0 Å². The van der Waals surface area contributed by atoms with Crippen LogP contribution in [0.5, 0.6) is 0 Å². The van der Waals surface area contributed by atoms with Gasteiger partial charge in [-0.15, -0.1) is 0 Å². The quantitative estimate of drug-likeness (QED) is 0.742. The third-order valence-corrected chi connectivity index (χ3v) is 2.33. The fraction of sp³-hybridized carbons (Fsp3) is 0.600. The molecule has 0 aliphatic carbocycles. The highest BCUT2D eigenvalue weighted by atomic mass is 35.5. The Labute approximate surface area is 95.2 Å². The number of methoxy groups -OCH3 is 1. The molecule has 0 bridgehead atoms. The van der Waals surface area contributed by atoms with Crippen LogP contribution in [0.1, 0.15) is 19.7 Å². The van der Waals surface area contributed by atoms with Gasteiger partial charge in [0.25, 0.3) is 0 Å². The first-order valence-electron chi connectivity index (χ1n) is 4.79. The van der Waals surface area contributed by atoms with Crippen molar-refractivity contribution in [2.75, 3.05) is 19.1 Å². The maximum atomic E-state index is 5.90. The van der Waals surface area contributed by atoms with Crippen LogP contribution < -0.4 is 4.90 Å². The van der Waals surface area contributed by atoms with Gasteiger partial charge in [-0.1, -0.05) is 11.6 Å². The summed E-state index contributed by atoms with van der Waals surface area (Å²) in [7, 11) is 3.58. The number of nitrogens with zero attached hydrogens (tertiary/aromatic N) is 3. The summed E-state index contributed by atoms with van der Waals surface area (Å²) in [4.78, 5) is 10.5. The molecule has 0 aliphatic heterocycles. The molecule has 1 heterocycles. The van der Waals surface area contributed by atoms with Crippen molar-refractivity contribution in [2.24, 2.45) is 0 Å². The average molecular weight is 230 g/mol. The first-order chi connectivity index (χ1) is 7.04. The van der Waals surface area contributed by atoms with Gasteiger partial charge in [-0.05, 0) is 13.8 Å². The lowest BCUT2D eigenvalue weighted by atomic mass is 10.3. The number of rotatable bonds is 4. The van der Waals surface area contributed by atoms with Crippen molar-refractivity contribution in [1.29, 1.82) is 0 Å². The lowest BCUT2D eigenvalue weighted by molar-refractivity contribution is 0.178. The first kappa shape index (κ1) is 12.2. The highest BCUT2D eigenvalue weighted by molar-refractivity contribution is 6.29. The molecule has 0 amide bonds. The molecular formula is C10H16ClN3O. The predicted molar refractivity (Wildman–Crippen MR) is 61.3 cm³/mol. The van der Waals surface area contributed by atoms with Crippen molar-refractivity contribution in [3.8, 4) is 0 Å². The number of aromatic nitrogens is 2. The van der Waals surface area contributed by atoms with Crippen LogP contribution in [-0.4, -0.2) is 30.2 Å². The van der Waals surface area contributed by atoms with E-state index in [2.05, 4.69) is 23.8 Å². The Balaban J connectivity index is 2.97. The molecule has 0 saturated carbocycles. The van der Waals surface area contributed by atoms with Crippen molar-refractivity contribution in [2.45, 2.75) is 26.5 Å². The Morgan fingerprint density at radius 2 is 2.13 bits per heavy atom. The predicted octanol–water partition coefficient (Wildman–Crippen LogP) is 2.12. The van der Waals surface area contributed by atoms with Crippen LogP contribution in [0.15, 0.2) is 6.07 Å². The standard InChI is InChI=1S/C10H16ClN3O/c1-7(2)14(3)10-5-8(11)12-9(13-10)6-15-4/h5,7H,6H2,1-4H3. The van der Waals surface area contributed by atoms with Gasteiger partial charge in [0, 0.05) is 26.3 Å². The minimum absolute atomic E-state index is 0.367. The maximum Gasteiger partial charge on any atom is 0.158 e. The molecule has 0 aliphatic rings. The SMILES string of the molecule is COCc1nc(Cl)cc(N(C)C(C)C)n1. The monoisotopic (exact) mass is 229 g/mol. The lowest BCUT2D eigenvalue weighted by Crippen LogP contribution is -2.27. The minimum Gasteiger partial charge on any atom is -0.377 e. The molecule has 84 valence electrons. The summed E-state index contributed by atoms with van der Waals surface area (Å²) in [6, 6.07) is 2.12. The number of halogens is 1. The molecule has 15 heavy (non-hydrogen) atoms. The summed E-state index contributed by atoms with van der Waals surface area (Å²) < 4.78 is 4.98. The molecule has 1 aromatic rings. The average Bonchev–Trinajstić information content (AvgIpc) is 2.16. The van der Waals surface area contributed by atoms with E-state index in [0.717, 1.165) is 5.82 Å². The van der Waals surface area contributed by atoms with Crippen LogP contribution in [-0.2, 0) is 11.3 Å². The van der Waals surface area contributed by atoms with Gasteiger partial charge < -0.3 is 9.64 Å². The zero-order chi connectivity index (χ0) is 11.4. The summed E-state index contributed by atoms with van der Waals surface area (Å²) in [5, 5.41) is 0.444. The summed E-state index contributed by atoms with van der Waals surface area (Å²) in [6.45, 7) is 4.55. The Hall–Kier alpha value is -0.870. The third-order valence-electron chi connectivity index (χ3n) is 2.14. The molecule has 0 saturated heterocycles. The molecule has 0 unspecified atom stereocenters. The summed E-state index contributed by atoms with van der Waals surface area (Å²) in [5.41, 5.74) is 0. The largest absolute Gasteiger partial charge is 0.377 e. The highest BCUT2D eigenvalue weighted by Crippen LogP contribution is 2.16. The van der Waals surface area contributed by atoms with E-state index in [9.17, 15) is 0 Å². The first-order valence-corrected chi connectivity index (χ1v) is 5.17. The molecule has 0 spiro atoms. The number of ether oxygens (including phenoxy) is 1. The number of anilines is 1. The second-order valence-electron chi connectivity index (χ2n) is 3.60. The molecule has 4 nitrogen and oxygen atoms in total. The normalized spacial score (nSPS) is 10.8. The molecule has 0 fully saturated rings. The van der Waals surface area contributed by atoms with Gasteiger partial charge in [-0.25, -0.2) is 9.97 Å². The number of hydrogen-bond donors (Lipinski definition) is 0. The van der Waals surface area contributed by atoms with Crippen LogP contribution in [0.2, 0.25) is 5.15 Å². The van der Waals surface area contributed by atoms with Gasteiger partial charge in [-0.2, -0.15) is 0 Å². The second-order valence-corrected chi connectivity index (χ2v) is 3.99. The van der Waals surface area contributed by atoms with Crippen molar-refractivity contribution >= 4 is 17.4 Å². The zero-order valence-corrected chi connectivity index (χ0v) is 10.2. The third kappa shape index (κ3) is 3.32. The van der Waals surface area contributed by atoms with E-state index in [1.54, 1.807) is 13.2 Å². The Bertz CT molecular complexity index is 330. The fourth-order valence-corrected chi connectivity index (χ4v) is 1.29. The van der Waals surface area contributed by atoms with E-state index in [1.165, 1.54) is 0 Å². The van der Waals surface area contributed by atoms with Crippen LogP contribution in [0.25, 0.3) is 0 Å². The van der Waals surface area contributed by atoms with E-state index >= 15 is 0 Å². The molecule has 5 heteroatoms. The van der Waals surface area contributed by atoms with E-state index in [-0.39, 0.29) is 0 Å². The summed E-state index contributed by atoms with van der Waals surface area (Å²) in [5.74, 6) is 1.42. The van der Waals surface area contributed by atoms with Gasteiger partial charge in [0.05, 0.1) is 0 Å². The fourth-order valence-electron chi connectivity index (χ4n) is 1.09. The van der Waals surface area contributed by atoms with Crippen LogP contribution in [0.4, 0.5) is 5.82 Å². The smallest absolute Gasteiger partial charge is 0.158 e. The van der Waals surface area contributed by atoms with Crippen molar-refractivity contribution < 1.29 is 4.74 Å². The molecule has 1 rings (SSSR count). The zero-order valence-electron chi connectivity index (χ0n) is 9.49. The van der Waals surface area contributed by atoms with E-state index in [1.807, 2.05) is 11.9 Å². The van der Waals surface area contributed by atoms with Gasteiger partial charge >= 0.3 is 0 Å². The summed E-state index contributed by atoms with van der Waals surface area (Å²) >= 11 is 5.90. The minimum atomic E-state index is 0.367. The van der Waals surface area contributed by atoms with Crippen molar-refractivity contribution in [3.05, 3.63) is 17.0 Å². The van der Waals surface area contributed by atoms with E-state index in [4.69, 9.17) is 16.3 Å². The highest BCUT2D eigenvalue weighted by Gasteiger charge is 2.09. The van der Waals surface area contributed by atoms with Crippen molar-refractivity contribution in [3.63, 3.8) is 0 Å². The lowest BCUT2D eigenvalue weighted by Gasteiger charge is -2.22. The van der Waals surface area contributed by atoms with Gasteiger partial charge in [0.2, 0.25) is 0 Å². The van der Waals surface area contributed by atoms with Crippen LogP contribution in [0.3, 0.4) is 0 Å². The summed E-state index contributed by atoms with van der Waals surface area (Å²) in [6.07, 6.45) is 0. The molecule has 0 N–H and O–H groups in total. The Kier molecular flexibility index (Phi) is 4.29. The topological polar surface area (TPSA) is 38.2 Å². The van der Waals surface area contributed by atoms with E-state index < -0.39 is 0 Å². The molecular weight excluding hydrogens is 214 g/mol. The maximum absolute atomic E-state index is 5.90. The Morgan fingerprint density at radius 1 is 1.47 bits per heavy atom. The van der Waals surface area contributed by atoms with Gasteiger partial charge in [0.15, 0.2) is 5.82 Å². The van der Waals surface area contributed by atoms with Crippen LogP contribution in [0, 0.1) is 0 Å². The van der Waals surface area contributed by atoms with Crippen LogP contribution >= 0.6 is 11.6 Å².